The summed E-state index contributed by atoms with van der Waals surface area (Å²) >= 11 is 0. The first-order chi connectivity index (χ1) is 5.43. The van der Waals surface area contributed by atoms with Gasteiger partial charge < -0.3 is 1.43 Å². The van der Waals surface area contributed by atoms with Crippen molar-refractivity contribution in [2.45, 2.75) is 32.6 Å². The standard InChI is InChI=1S/C11H16.K.H/c1-2-3-5-8-11-9-6-4-7-10-11;;/h4,6-7,9-10H,2-3,5,8H2,1H3;;/q;+1;-1. The van der Waals surface area contributed by atoms with E-state index in [9.17, 15) is 0 Å². The van der Waals surface area contributed by atoms with Crippen molar-refractivity contribution in [1.82, 2.24) is 0 Å². The molecular formula is C11H17K. The normalized spacial score (nSPS) is 9.08. The van der Waals surface area contributed by atoms with E-state index in [2.05, 4.69) is 37.3 Å². The summed E-state index contributed by atoms with van der Waals surface area (Å²) in [4.78, 5) is 0. The number of unbranched alkanes of at least 4 members (excludes halogenated alkanes) is 2. The molecule has 0 aliphatic rings. The van der Waals surface area contributed by atoms with E-state index in [1.807, 2.05) is 0 Å². The molecule has 0 nitrogen and oxygen atoms in total. The minimum atomic E-state index is 0. The molecule has 0 heterocycles. The number of hydrogen-bond acceptors (Lipinski definition) is 0. The van der Waals surface area contributed by atoms with Crippen LogP contribution in [0.2, 0.25) is 0 Å². The van der Waals surface area contributed by atoms with Gasteiger partial charge in [-0.05, 0) is 18.4 Å². The Morgan fingerprint density at radius 1 is 1.08 bits per heavy atom. The molecule has 1 aromatic rings. The van der Waals surface area contributed by atoms with Crippen LogP contribution < -0.4 is 51.4 Å². The molecule has 12 heavy (non-hydrogen) atoms. The van der Waals surface area contributed by atoms with Gasteiger partial charge in [0.1, 0.15) is 0 Å². The first-order valence-electron chi connectivity index (χ1n) is 4.47. The molecular weight excluding hydrogens is 171 g/mol. The molecule has 0 radical (unpaired) electrons. The molecule has 0 fully saturated rings. The Bertz CT molecular complexity index is 187. The van der Waals surface area contributed by atoms with E-state index in [1.54, 1.807) is 0 Å². The van der Waals surface area contributed by atoms with E-state index in [1.165, 1.54) is 31.2 Å². The van der Waals surface area contributed by atoms with Gasteiger partial charge in [-0.2, -0.15) is 0 Å². The fourth-order valence-electron chi connectivity index (χ4n) is 1.22. The van der Waals surface area contributed by atoms with Crippen LogP contribution in [0.5, 0.6) is 0 Å². The van der Waals surface area contributed by atoms with E-state index in [-0.39, 0.29) is 52.8 Å². The molecule has 0 aliphatic carbocycles. The van der Waals surface area contributed by atoms with Crippen molar-refractivity contribution in [3.8, 4) is 0 Å². The first-order valence-corrected chi connectivity index (χ1v) is 4.47. The minimum Gasteiger partial charge on any atom is -1.00 e. The molecule has 0 saturated heterocycles. The second kappa shape index (κ2) is 8.45. The van der Waals surface area contributed by atoms with Crippen LogP contribution in [-0.2, 0) is 6.42 Å². The zero-order valence-corrected chi connectivity index (χ0v) is 11.3. The summed E-state index contributed by atoms with van der Waals surface area (Å²) in [5.74, 6) is 0. The second-order valence-corrected chi connectivity index (χ2v) is 2.94. The van der Waals surface area contributed by atoms with Gasteiger partial charge in [-0.15, -0.1) is 0 Å². The van der Waals surface area contributed by atoms with Crippen LogP contribution in [0, 0.1) is 0 Å². The molecule has 0 N–H and O–H groups in total. The van der Waals surface area contributed by atoms with E-state index in [0.29, 0.717) is 0 Å². The Morgan fingerprint density at radius 2 is 1.75 bits per heavy atom. The number of hydrogen-bond donors (Lipinski definition) is 0. The summed E-state index contributed by atoms with van der Waals surface area (Å²) in [6.07, 6.45) is 5.25. The van der Waals surface area contributed by atoms with Crippen molar-refractivity contribution in [3.05, 3.63) is 35.9 Å². The van der Waals surface area contributed by atoms with Crippen LogP contribution in [0.1, 0.15) is 33.2 Å². The molecule has 1 aromatic carbocycles. The predicted molar refractivity (Wildman–Crippen MR) is 50.8 cm³/mol. The Labute approximate surface area is 120 Å². The quantitative estimate of drug-likeness (QED) is 0.478. The van der Waals surface area contributed by atoms with Crippen molar-refractivity contribution in [2.24, 2.45) is 0 Å². The summed E-state index contributed by atoms with van der Waals surface area (Å²) in [7, 11) is 0. The number of rotatable bonds is 4. The molecule has 0 aromatic heterocycles. The zero-order chi connectivity index (χ0) is 7.94. The average molecular weight is 188 g/mol. The summed E-state index contributed by atoms with van der Waals surface area (Å²) in [6, 6.07) is 10.7. The van der Waals surface area contributed by atoms with Gasteiger partial charge in [0.05, 0.1) is 0 Å². The second-order valence-electron chi connectivity index (χ2n) is 2.94. The van der Waals surface area contributed by atoms with Crippen molar-refractivity contribution >= 4 is 0 Å². The van der Waals surface area contributed by atoms with Crippen LogP contribution in [-0.4, -0.2) is 0 Å². The Morgan fingerprint density at radius 3 is 2.33 bits per heavy atom. The smallest absolute Gasteiger partial charge is 1.00 e. The molecule has 1 heteroatoms. The van der Waals surface area contributed by atoms with E-state index < -0.39 is 0 Å². The van der Waals surface area contributed by atoms with E-state index in [0.717, 1.165) is 0 Å². The third-order valence-corrected chi connectivity index (χ3v) is 1.91. The molecule has 0 unspecified atom stereocenters. The van der Waals surface area contributed by atoms with Crippen LogP contribution in [0.15, 0.2) is 30.3 Å². The van der Waals surface area contributed by atoms with Gasteiger partial charge in [-0.3, -0.25) is 0 Å². The minimum absolute atomic E-state index is 0. The summed E-state index contributed by atoms with van der Waals surface area (Å²) < 4.78 is 0. The average Bonchev–Trinajstić information content (AvgIpc) is 2.07. The van der Waals surface area contributed by atoms with Gasteiger partial charge >= 0.3 is 51.4 Å². The van der Waals surface area contributed by atoms with Crippen molar-refractivity contribution in [3.63, 3.8) is 0 Å². The molecule has 0 saturated carbocycles. The Kier molecular flexibility index (Phi) is 9.06. The molecule has 0 aliphatic heterocycles. The molecule has 0 atom stereocenters. The molecule has 62 valence electrons. The molecule has 1 rings (SSSR count). The zero-order valence-electron chi connectivity index (χ0n) is 9.22. The molecule has 0 spiro atoms. The third-order valence-electron chi connectivity index (χ3n) is 1.91. The van der Waals surface area contributed by atoms with E-state index >= 15 is 0 Å². The van der Waals surface area contributed by atoms with Crippen molar-refractivity contribution < 1.29 is 52.8 Å². The number of aryl methyl sites for hydroxylation is 1. The summed E-state index contributed by atoms with van der Waals surface area (Å²) in [5, 5.41) is 0. The molecule has 0 bridgehead atoms. The monoisotopic (exact) mass is 188 g/mol. The summed E-state index contributed by atoms with van der Waals surface area (Å²) in [5.41, 5.74) is 1.47. The fourth-order valence-corrected chi connectivity index (χ4v) is 1.22. The topological polar surface area (TPSA) is 0 Å². The fraction of sp³-hybridized carbons (Fsp3) is 0.455. The first kappa shape index (κ1) is 12.9. The SMILES string of the molecule is CCCCCc1ccccc1.[H-].[K+]. The van der Waals surface area contributed by atoms with Crippen LogP contribution in [0.3, 0.4) is 0 Å². The maximum atomic E-state index is 2.24. The summed E-state index contributed by atoms with van der Waals surface area (Å²) in [6.45, 7) is 2.24. The van der Waals surface area contributed by atoms with Gasteiger partial charge in [0, 0.05) is 0 Å². The Balaban J connectivity index is 0. The number of benzene rings is 1. The van der Waals surface area contributed by atoms with Crippen LogP contribution in [0.4, 0.5) is 0 Å². The third kappa shape index (κ3) is 5.49. The maximum absolute atomic E-state index is 2.24. The van der Waals surface area contributed by atoms with Crippen molar-refractivity contribution in [1.29, 1.82) is 0 Å². The van der Waals surface area contributed by atoms with Crippen LogP contribution in [0.25, 0.3) is 0 Å². The van der Waals surface area contributed by atoms with Crippen LogP contribution >= 0.6 is 0 Å². The van der Waals surface area contributed by atoms with Gasteiger partial charge in [-0.25, -0.2) is 0 Å². The molecule has 0 amide bonds. The van der Waals surface area contributed by atoms with Gasteiger partial charge in [0.15, 0.2) is 0 Å². The van der Waals surface area contributed by atoms with Gasteiger partial charge in [-0.1, -0.05) is 50.1 Å². The van der Waals surface area contributed by atoms with E-state index in [4.69, 9.17) is 0 Å². The van der Waals surface area contributed by atoms with Gasteiger partial charge in [0.25, 0.3) is 0 Å². The largest absolute Gasteiger partial charge is 1.00 e. The maximum Gasteiger partial charge on any atom is 1.00 e. The predicted octanol–water partition coefficient (Wildman–Crippen LogP) is 0.536. The van der Waals surface area contributed by atoms with Gasteiger partial charge in [0.2, 0.25) is 0 Å². The van der Waals surface area contributed by atoms with Crippen molar-refractivity contribution in [2.75, 3.05) is 0 Å². The Hall–Kier alpha value is 0.856.